The van der Waals surface area contributed by atoms with E-state index in [1.807, 2.05) is 38.8 Å². The summed E-state index contributed by atoms with van der Waals surface area (Å²) in [6.45, 7) is 10.0. The van der Waals surface area contributed by atoms with Crippen LogP contribution >= 0.6 is 12.4 Å². The van der Waals surface area contributed by atoms with Gasteiger partial charge in [0.2, 0.25) is 5.91 Å². The molecule has 0 aliphatic carbocycles. The second-order valence-electron chi connectivity index (χ2n) is 8.39. The largest absolute Gasteiger partial charge is 0.332 e. The van der Waals surface area contributed by atoms with E-state index in [1.165, 1.54) is 18.6 Å². The molecule has 1 aromatic rings. The molecule has 4 nitrogen and oxygen atoms in total. The highest BCUT2D eigenvalue weighted by atomic mass is 35.5. The average Bonchev–Trinajstić information content (AvgIpc) is 2.58. The number of hydrogen-bond acceptors (Lipinski definition) is 3. The van der Waals surface area contributed by atoms with Crippen LogP contribution in [0, 0.1) is 11.7 Å². The Labute approximate surface area is 169 Å². The quantitative estimate of drug-likeness (QED) is 0.759. The van der Waals surface area contributed by atoms with Crippen molar-refractivity contribution in [1.29, 1.82) is 0 Å². The third-order valence-electron chi connectivity index (χ3n) is 5.21. The van der Waals surface area contributed by atoms with Gasteiger partial charge >= 0.3 is 0 Å². The van der Waals surface area contributed by atoms with Crippen molar-refractivity contribution in [3.63, 3.8) is 0 Å². The van der Waals surface area contributed by atoms with Crippen LogP contribution < -0.4 is 5.32 Å². The second-order valence-corrected chi connectivity index (χ2v) is 8.39. The van der Waals surface area contributed by atoms with E-state index in [2.05, 4.69) is 10.2 Å². The molecule has 1 fully saturated rings. The summed E-state index contributed by atoms with van der Waals surface area (Å²) < 4.78 is 13.5. The summed E-state index contributed by atoms with van der Waals surface area (Å²) in [5.41, 5.74) is 0.535. The molecule has 1 saturated heterocycles. The molecule has 2 rings (SSSR count). The van der Waals surface area contributed by atoms with E-state index in [1.54, 1.807) is 6.07 Å². The molecule has 0 spiro atoms. The Hall–Kier alpha value is -1.17. The van der Waals surface area contributed by atoms with Gasteiger partial charge in [0.25, 0.3) is 0 Å². The molecule has 0 atom stereocenters. The number of nitrogens with zero attached hydrogens (tertiary/aromatic N) is 2. The molecule has 0 bridgehead atoms. The first-order valence-electron chi connectivity index (χ1n) is 9.71. The van der Waals surface area contributed by atoms with Gasteiger partial charge in [-0.2, -0.15) is 0 Å². The number of hydrogen-bond donors (Lipinski definition) is 1. The molecule has 6 heteroatoms. The monoisotopic (exact) mass is 399 g/mol. The highest BCUT2D eigenvalue weighted by molar-refractivity contribution is 5.85. The van der Waals surface area contributed by atoms with Crippen LogP contribution in [0.3, 0.4) is 0 Å². The van der Waals surface area contributed by atoms with Crippen LogP contribution in [0.2, 0.25) is 0 Å². The minimum absolute atomic E-state index is 0. The fraction of sp³-hybridized carbons (Fsp3) is 0.667. The van der Waals surface area contributed by atoms with Gasteiger partial charge in [-0.3, -0.25) is 9.69 Å². The number of piperidine rings is 1. The molecule has 0 aromatic heterocycles. The molecular formula is C21H35ClFN3O. The highest BCUT2D eigenvalue weighted by Gasteiger charge is 2.29. The first-order chi connectivity index (χ1) is 12.3. The van der Waals surface area contributed by atoms with Gasteiger partial charge in [0.1, 0.15) is 5.82 Å². The summed E-state index contributed by atoms with van der Waals surface area (Å²) in [5.74, 6) is 0.628. The SMILES string of the molecule is CNCCC1CCN(CC(=O)N(Cc2cccc(F)c2)C(C)(C)C)CC1.Cl. The number of likely N-dealkylation sites (tertiary alicyclic amines) is 1. The van der Waals surface area contributed by atoms with E-state index in [0.29, 0.717) is 13.1 Å². The summed E-state index contributed by atoms with van der Waals surface area (Å²) in [7, 11) is 1.99. The molecule has 27 heavy (non-hydrogen) atoms. The smallest absolute Gasteiger partial charge is 0.237 e. The fourth-order valence-electron chi connectivity index (χ4n) is 3.58. The zero-order valence-electron chi connectivity index (χ0n) is 17.1. The zero-order valence-corrected chi connectivity index (χ0v) is 17.9. The number of halogens is 2. The average molecular weight is 400 g/mol. The van der Waals surface area contributed by atoms with Crippen molar-refractivity contribution < 1.29 is 9.18 Å². The van der Waals surface area contributed by atoms with Crippen LogP contribution in [-0.2, 0) is 11.3 Å². The van der Waals surface area contributed by atoms with Crippen LogP contribution in [0.25, 0.3) is 0 Å². The number of nitrogens with one attached hydrogen (secondary N) is 1. The zero-order chi connectivity index (χ0) is 19.2. The van der Waals surface area contributed by atoms with Crippen molar-refractivity contribution >= 4 is 18.3 Å². The van der Waals surface area contributed by atoms with Crippen molar-refractivity contribution in [1.82, 2.24) is 15.1 Å². The Morgan fingerprint density at radius 1 is 1.30 bits per heavy atom. The summed E-state index contributed by atoms with van der Waals surface area (Å²) in [6, 6.07) is 6.53. The number of benzene rings is 1. The van der Waals surface area contributed by atoms with Crippen molar-refractivity contribution in [3.05, 3.63) is 35.6 Å². The third kappa shape index (κ3) is 7.76. The number of amides is 1. The standard InChI is InChI=1S/C21H34FN3O.ClH/c1-21(2,3)25(15-18-6-5-7-19(22)14-18)20(26)16-24-12-9-17(10-13-24)8-11-23-4;/h5-7,14,17,23H,8-13,15-16H2,1-4H3;1H. The Balaban J connectivity index is 0.00000364. The fourth-order valence-corrected chi connectivity index (χ4v) is 3.58. The number of carbonyl (C=O) groups is 1. The molecule has 0 radical (unpaired) electrons. The van der Waals surface area contributed by atoms with Gasteiger partial charge in [0, 0.05) is 12.1 Å². The first-order valence-corrected chi connectivity index (χ1v) is 9.71. The summed E-state index contributed by atoms with van der Waals surface area (Å²) in [4.78, 5) is 17.1. The minimum Gasteiger partial charge on any atom is -0.332 e. The van der Waals surface area contributed by atoms with E-state index in [0.717, 1.165) is 44.0 Å². The van der Waals surface area contributed by atoms with Crippen LogP contribution in [0.4, 0.5) is 4.39 Å². The summed E-state index contributed by atoms with van der Waals surface area (Å²) in [5, 5.41) is 3.22. The molecule has 1 amide bonds. The maximum Gasteiger partial charge on any atom is 0.237 e. The lowest BCUT2D eigenvalue weighted by Crippen LogP contribution is -2.50. The highest BCUT2D eigenvalue weighted by Crippen LogP contribution is 2.22. The normalized spacial score (nSPS) is 16.0. The molecular weight excluding hydrogens is 365 g/mol. The summed E-state index contributed by atoms with van der Waals surface area (Å²) in [6.07, 6.45) is 3.54. The Kier molecular flexibility index (Phi) is 9.71. The van der Waals surface area contributed by atoms with Gasteiger partial charge < -0.3 is 10.2 Å². The molecule has 1 N–H and O–H groups in total. The third-order valence-corrected chi connectivity index (χ3v) is 5.21. The number of rotatable bonds is 7. The van der Waals surface area contributed by atoms with Crippen LogP contribution in [0.15, 0.2) is 24.3 Å². The van der Waals surface area contributed by atoms with Crippen LogP contribution in [0.1, 0.15) is 45.6 Å². The maximum atomic E-state index is 13.5. The van der Waals surface area contributed by atoms with Crippen LogP contribution in [0.5, 0.6) is 0 Å². The van der Waals surface area contributed by atoms with Crippen molar-refractivity contribution in [2.45, 2.75) is 52.1 Å². The van der Waals surface area contributed by atoms with Crippen molar-refractivity contribution in [3.8, 4) is 0 Å². The van der Waals surface area contributed by atoms with Gasteiger partial charge in [-0.15, -0.1) is 12.4 Å². The lowest BCUT2D eigenvalue weighted by Gasteiger charge is -2.38. The van der Waals surface area contributed by atoms with E-state index in [9.17, 15) is 9.18 Å². The van der Waals surface area contributed by atoms with Gasteiger partial charge in [-0.1, -0.05) is 12.1 Å². The molecule has 1 aromatic carbocycles. The van der Waals surface area contributed by atoms with Gasteiger partial charge in [0.05, 0.1) is 6.54 Å². The topological polar surface area (TPSA) is 35.6 Å². The second kappa shape index (κ2) is 11.0. The molecule has 154 valence electrons. The van der Waals surface area contributed by atoms with Gasteiger partial charge in [-0.05, 0) is 90.3 Å². The number of carbonyl (C=O) groups excluding carboxylic acids is 1. The minimum atomic E-state index is -0.297. The predicted octanol–water partition coefficient (Wildman–Crippen LogP) is 3.70. The van der Waals surface area contributed by atoms with Crippen LogP contribution in [-0.4, -0.2) is 54.5 Å². The van der Waals surface area contributed by atoms with E-state index >= 15 is 0 Å². The van der Waals surface area contributed by atoms with Gasteiger partial charge in [-0.25, -0.2) is 4.39 Å². The Morgan fingerprint density at radius 3 is 2.52 bits per heavy atom. The Bertz CT molecular complexity index is 583. The lowest BCUT2D eigenvalue weighted by molar-refractivity contribution is -0.138. The maximum absolute atomic E-state index is 13.5. The molecule has 0 saturated carbocycles. The Morgan fingerprint density at radius 2 is 1.96 bits per heavy atom. The lowest BCUT2D eigenvalue weighted by atomic mass is 9.93. The van der Waals surface area contributed by atoms with Crippen molar-refractivity contribution in [2.24, 2.45) is 5.92 Å². The molecule has 1 heterocycles. The predicted molar refractivity (Wildman–Crippen MR) is 112 cm³/mol. The molecule has 1 aliphatic heterocycles. The van der Waals surface area contributed by atoms with E-state index in [-0.39, 0.29) is 29.7 Å². The van der Waals surface area contributed by atoms with E-state index in [4.69, 9.17) is 0 Å². The molecule has 1 aliphatic rings. The van der Waals surface area contributed by atoms with Gasteiger partial charge in [0.15, 0.2) is 0 Å². The molecule has 0 unspecified atom stereocenters. The van der Waals surface area contributed by atoms with Crippen molar-refractivity contribution in [2.75, 3.05) is 33.2 Å². The first kappa shape index (κ1) is 23.9. The summed E-state index contributed by atoms with van der Waals surface area (Å²) >= 11 is 0. The van der Waals surface area contributed by atoms with E-state index < -0.39 is 0 Å².